The van der Waals surface area contributed by atoms with E-state index in [-0.39, 0.29) is 23.8 Å². The van der Waals surface area contributed by atoms with Crippen molar-refractivity contribution in [3.05, 3.63) is 39.9 Å². The second kappa shape index (κ2) is 5.98. The van der Waals surface area contributed by atoms with Crippen molar-refractivity contribution in [2.24, 2.45) is 5.92 Å². The standard InChI is InChI=1S/C12H15NO4/c1-3-9(2)8-17-12(14)10-6-4-5-7-11(10)13(15)16/h4-7,9H,3,8H2,1-2H3/t9-/m0/s1. The molecule has 1 aromatic rings. The molecule has 5 heteroatoms. The second-order valence-electron chi connectivity index (χ2n) is 3.89. The van der Waals surface area contributed by atoms with E-state index in [1.807, 2.05) is 13.8 Å². The molecule has 0 amide bonds. The van der Waals surface area contributed by atoms with Crippen molar-refractivity contribution >= 4 is 11.7 Å². The van der Waals surface area contributed by atoms with Crippen molar-refractivity contribution in [2.45, 2.75) is 20.3 Å². The van der Waals surface area contributed by atoms with Crippen molar-refractivity contribution < 1.29 is 14.5 Å². The summed E-state index contributed by atoms with van der Waals surface area (Å²) in [7, 11) is 0. The maximum atomic E-state index is 11.7. The largest absolute Gasteiger partial charge is 0.462 e. The van der Waals surface area contributed by atoms with E-state index in [2.05, 4.69) is 0 Å². The van der Waals surface area contributed by atoms with Crippen LogP contribution >= 0.6 is 0 Å². The van der Waals surface area contributed by atoms with E-state index < -0.39 is 10.9 Å². The van der Waals surface area contributed by atoms with Crippen molar-refractivity contribution in [1.82, 2.24) is 0 Å². The molecule has 0 aromatic heterocycles. The number of benzene rings is 1. The van der Waals surface area contributed by atoms with E-state index in [4.69, 9.17) is 4.74 Å². The predicted octanol–water partition coefficient (Wildman–Crippen LogP) is 2.80. The number of hydrogen-bond acceptors (Lipinski definition) is 4. The average molecular weight is 237 g/mol. The highest BCUT2D eigenvalue weighted by Crippen LogP contribution is 2.18. The van der Waals surface area contributed by atoms with Gasteiger partial charge in [0.25, 0.3) is 5.69 Å². The third kappa shape index (κ3) is 3.55. The predicted molar refractivity (Wildman–Crippen MR) is 62.8 cm³/mol. The fourth-order valence-corrected chi connectivity index (χ4v) is 1.22. The van der Waals surface area contributed by atoms with Gasteiger partial charge in [0.05, 0.1) is 11.5 Å². The highest BCUT2D eigenvalue weighted by atomic mass is 16.6. The lowest BCUT2D eigenvalue weighted by atomic mass is 10.1. The van der Waals surface area contributed by atoms with E-state index in [0.717, 1.165) is 6.42 Å². The Morgan fingerprint density at radius 2 is 2.12 bits per heavy atom. The number of nitro benzene ring substituents is 1. The number of hydrogen-bond donors (Lipinski definition) is 0. The average Bonchev–Trinajstić information content (AvgIpc) is 2.35. The summed E-state index contributed by atoms with van der Waals surface area (Å²) in [5.41, 5.74) is -0.220. The highest BCUT2D eigenvalue weighted by molar-refractivity contribution is 5.93. The van der Waals surface area contributed by atoms with Crippen LogP contribution in [0.5, 0.6) is 0 Å². The molecule has 0 aliphatic rings. The summed E-state index contributed by atoms with van der Waals surface area (Å²) < 4.78 is 5.03. The van der Waals surface area contributed by atoms with Crippen molar-refractivity contribution in [3.8, 4) is 0 Å². The Labute approximate surface area is 99.5 Å². The van der Waals surface area contributed by atoms with Gasteiger partial charge in [-0.3, -0.25) is 10.1 Å². The first kappa shape index (κ1) is 13.2. The van der Waals surface area contributed by atoms with Crippen LogP contribution in [0.2, 0.25) is 0 Å². The van der Waals surface area contributed by atoms with Gasteiger partial charge in [-0.25, -0.2) is 4.79 Å². The Hall–Kier alpha value is -1.91. The maximum absolute atomic E-state index is 11.7. The molecule has 1 atom stereocenters. The molecule has 0 spiro atoms. The van der Waals surface area contributed by atoms with E-state index in [1.165, 1.54) is 18.2 Å². The highest BCUT2D eigenvalue weighted by Gasteiger charge is 2.20. The molecule has 5 nitrogen and oxygen atoms in total. The molecule has 0 heterocycles. The molecule has 0 bridgehead atoms. The van der Waals surface area contributed by atoms with Gasteiger partial charge in [0, 0.05) is 6.07 Å². The molecule has 0 aliphatic heterocycles. The summed E-state index contributed by atoms with van der Waals surface area (Å²) >= 11 is 0. The summed E-state index contributed by atoms with van der Waals surface area (Å²) in [6, 6.07) is 5.79. The molecule has 0 N–H and O–H groups in total. The van der Waals surface area contributed by atoms with Gasteiger partial charge in [0.2, 0.25) is 0 Å². The van der Waals surface area contributed by atoms with Crippen LogP contribution in [-0.2, 0) is 4.74 Å². The van der Waals surface area contributed by atoms with Crippen LogP contribution in [0.25, 0.3) is 0 Å². The lowest BCUT2D eigenvalue weighted by molar-refractivity contribution is -0.385. The SMILES string of the molecule is CC[C@H](C)COC(=O)c1ccccc1[N+](=O)[O-]. The Kier molecular flexibility index (Phi) is 4.63. The zero-order valence-electron chi connectivity index (χ0n) is 9.88. The first-order valence-electron chi connectivity index (χ1n) is 5.46. The fraction of sp³-hybridized carbons (Fsp3) is 0.417. The number of esters is 1. The van der Waals surface area contributed by atoms with Gasteiger partial charge in [-0.05, 0) is 12.0 Å². The van der Waals surface area contributed by atoms with Gasteiger partial charge in [-0.1, -0.05) is 32.4 Å². The Balaban J connectivity index is 2.78. The number of carbonyl (C=O) groups excluding carboxylic acids is 1. The van der Waals surface area contributed by atoms with Gasteiger partial charge in [0.15, 0.2) is 0 Å². The minimum Gasteiger partial charge on any atom is -0.462 e. The zero-order valence-corrected chi connectivity index (χ0v) is 9.88. The lowest BCUT2D eigenvalue weighted by Crippen LogP contribution is -2.13. The van der Waals surface area contributed by atoms with Gasteiger partial charge in [-0.15, -0.1) is 0 Å². The van der Waals surface area contributed by atoms with Crippen LogP contribution in [-0.4, -0.2) is 17.5 Å². The Bertz CT molecular complexity index is 417. The maximum Gasteiger partial charge on any atom is 0.345 e. The van der Waals surface area contributed by atoms with E-state index in [9.17, 15) is 14.9 Å². The number of ether oxygens (including phenoxy) is 1. The Morgan fingerprint density at radius 3 is 2.71 bits per heavy atom. The molecule has 0 radical (unpaired) electrons. The number of nitro groups is 1. The van der Waals surface area contributed by atoms with Gasteiger partial charge >= 0.3 is 5.97 Å². The van der Waals surface area contributed by atoms with Crippen LogP contribution in [0, 0.1) is 16.0 Å². The molecule has 0 unspecified atom stereocenters. The Morgan fingerprint density at radius 1 is 1.47 bits per heavy atom. The minimum absolute atomic E-state index is 0.000744. The fourth-order valence-electron chi connectivity index (χ4n) is 1.22. The minimum atomic E-state index is -0.641. The van der Waals surface area contributed by atoms with Crippen molar-refractivity contribution in [3.63, 3.8) is 0 Å². The van der Waals surface area contributed by atoms with E-state index in [0.29, 0.717) is 0 Å². The van der Waals surface area contributed by atoms with Gasteiger partial charge in [-0.2, -0.15) is 0 Å². The number of nitrogens with zero attached hydrogens (tertiary/aromatic N) is 1. The normalized spacial score (nSPS) is 11.9. The van der Waals surface area contributed by atoms with E-state index in [1.54, 1.807) is 6.07 Å². The summed E-state index contributed by atoms with van der Waals surface area (Å²) in [5.74, 6) is -0.390. The van der Waals surface area contributed by atoms with Crippen molar-refractivity contribution in [1.29, 1.82) is 0 Å². The molecule has 0 saturated heterocycles. The molecule has 0 fully saturated rings. The monoisotopic (exact) mass is 237 g/mol. The first-order valence-corrected chi connectivity index (χ1v) is 5.46. The molecule has 1 aromatic carbocycles. The molecular formula is C12H15NO4. The third-order valence-electron chi connectivity index (χ3n) is 2.52. The molecule has 0 saturated carbocycles. The second-order valence-corrected chi connectivity index (χ2v) is 3.89. The van der Waals surface area contributed by atoms with Crippen LogP contribution in [0.4, 0.5) is 5.69 Å². The lowest BCUT2D eigenvalue weighted by Gasteiger charge is -2.09. The molecule has 0 aliphatic carbocycles. The third-order valence-corrected chi connectivity index (χ3v) is 2.52. The zero-order chi connectivity index (χ0) is 12.8. The first-order chi connectivity index (χ1) is 8.06. The van der Waals surface area contributed by atoms with Crippen LogP contribution in [0.1, 0.15) is 30.6 Å². The quantitative estimate of drug-likeness (QED) is 0.448. The number of carbonyl (C=O) groups is 1. The number of rotatable bonds is 5. The van der Waals surface area contributed by atoms with E-state index >= 15 is 0 Å². The topological polar surface area (TPSA) is 69.4 Å². The van der Waals surface area contributed by atoms with Gasteiger partial charge in [0.1, 0.15) is 5.56 Å². The summed E-state index contributed by atoms with van der Waals surface area (Å²) in [5, 5.41) is 10.7. The molecule has 1 rings (SSSR count). The van der Waals surface area contributed by atoms with Crippen LogP contribution in [0.15, 0.2) is 24.3 Å². The summed E-state index contributed by atoms with van der Waals surface area (Å²) in [6.45, 7) is 4.22. The molecule has 92 valence electrons. The number of para-hydroxylation sites is 1. The molecule has 17 heavy (non-hydrogen) atoms. The van der Waals surface area contributed by atoms with Crippen LogP contribution in [0.3, 0.4) is 0 Å². The summed E-state index contributed by atoms with van der Waals surface area (Å²) in [4.78, 5) is 21.8. The summed E-state index contributed by atoms with van der Waals surface area (Å²) in [6.07, 6.45) is 0.893. The molecular weight excluding hydrogens is 222 g/mol. The smallest absolute Gasteiger partial charge is 0.345 e. The van der Waals surface area contributed by atoms with Crippen LogP contribution < -0.4 is 0 Å². The van der Waals surface area contributed by atoms with Gasteiger partial charge < -0.3 is 4.74 Å². The van der Waals surface area contributed by atoms with Crippen molar-refractivity contribution in [2.75, 3.05) is 6.61 Å².